The number of para-hydroxylation sites is 1. The molecule has 0 fully saturated rings. The molecule has 3 aromatic rings. The number of methoxy groups -OCH3 is 1. The molecular weight excluding hydrogens is 412 g/mol. The molecule has 0 aliphatic carbocycles. The molecule has 3 rings (SSSR count). The molecule has 0 unspecified atom stereocenters. The molecule has 154 valence electrons. The van der Waals surface area contributed by atoms with Crippen molar-refractivity contribution in [3.63, 3.8) is 0 Å². The topological polar surface area (TPSA) is 30.5 Å². The fourth-order valence-electron chi connectivity index (χ4n) is 2.92. The summed E-state index contributed by atoms with van der Waals surface area (Å²) in [5.41, 5.74) is 3.05. The number of hydrogen-bond donors (Lipinski definition) is 1. The smallest absolute Gasteiger partial charge is 0.124 e. The summed E-state index contributed by atoms with van der Waals surface area (Å²) in [7, 11) is 1.68. The molecule has 1 N–H and O–H groups in total. The van der Waals surface area contributed by atoms with Crippen LogP contribution in [0.15, 0.2) is 66.7 Å². The van der Waals surface area contributed by atoms with Crippen molar-refractivity contribution < 1.29 is 13.9 Å². The Bertz CT molecular complexity index is 904. The Balaban J connectivity index is 0.00000300. The van der Waals surface area contributed by atoms with Crippen molar-refractivity contribution in [2.45, 2.75) is 19.6 Å². The molecule has 0 aliphatic heterocycles. The van der Waals surface area contributed by atoms with Crippen LogP contribution in [0.5, 0.6) is 11.5 Å². The number of rotatable bonds is 9. The van der Waals surface area contributed by atoms with Crippen molar-refractivity contribution >= 4 is 24.0 Å². The Hall–Kier alpha value is -2.27. The van der Waals surface area contributed by atoms with Crippen LogP contribution in [0.2, 0.25) is 5.02 Å². The zero-order valence-corrected chi connectivity index (χ0v) is 17.7. The van der Waals surface area contributed by atoms with E-state index in [0.717, 1.165) is 41.2 Å². The van der Waals surface area contributed by atoms with E-state index in [0.29, 0.717) is 18.2 Å². The van der Waals surface area contributed by atoms with Gasteiger partial charge in [-0.2, -0.15) is 0 Å². The number of halogens is 3. The van der Waals surface area contributed by atoms with E-state index in [1.165, 1.54) is 12.1 Å². The van der Waals surface area contributed by atoms with E-state index in [2.05, 4.69) is 11.4 Å². The molecule has 3 aromatic carbocycles. The van der Waals surface area contributed by atoms with Gasteiger partial charge in [-0.15, -0.1) is 12.4 Å². The average molecular weight is 436 g/mol. The molecule has 0 spiro atoms. The highest BCUT2D eigenvalue weighted by atomic mass is 35.5. The molecule has 0 saturated carbocycles. The first kappa shape index (κ1) is 23.0. The zero-order valence-electron chi connectivity index (χ0n) is 16.2. The number of nitrogens with one attached hydrogen (secondary N) is 1. The van der Waals surface area contributed by atoms with Gasteiger partial charge in [-0.25, -0.2) is 4.39 Å². The van der Waals surface area contributed by atoms with E-state index in [-0.39, 0.29) is 18.2 Å². The van der Waals surface area contributed by atoms with Crippen molar-refractivity contribution in [1.29, 1.82) is 0 Å². The van der Waals surface area contributed by atoms with Crippen molar-refractivity contribution in [2.75, 3.05) is 13.7 Å². The van der Waals surface area contributed by atoms with E-state index in [9.17, 15) is 4.39 Å². The lowest BCUT2D eigenvalue weighted by atomic mass is 10.1. The third-order valence-electron chi connectivity index (χ3n) is 4.41. The first-order valence-corrected chi connectivity index (χ1v) is 9.52. The van der Waals surface area contributed by atoms with E-state index in [1.807, 2.05) is 30.3 Å². The third kappa shape index (κ3) is 6.93. The summed E-state index contributed by atoms with van der Waals surface area (Å²) in [6.45, 7) is 1.80. The lowest BCUT2D eigenvalue weighted by molar-refractivity contribution is 0.302. The minimum Gasteiger partial charge on any atom is -0.496 e. The van der Waals surface area contributed by atoms with Crippen LogP contribution >= 0.6 is 24.0 Å². The standard InChI is InChI=1S/C23H23ClFNO2.ClH/c1-27-22-5-3-2-4-18(22)12-13-26-15-19-14-20(24)8-11-23(19)28-16-17-6-9-21(25)10-7-17;/h2-11,14,26H,12-13,15-16H2,1H3;1H. The molecule has 6 heteroatoms. The van der Waals surface area contributed by atoms with E-state index in [1.54, 1.807) is 25.3 Å². The second-order valence-electron chi connectivity index (χ2n) is 6.41. The molecular formula is C23H24Cl2FNO2. The van der Waals surface area contributed by atoms with Gasteiger partial charge in [-0.1, -0.05) is 41.9 Å². The molecule has 0 bridgehead atoms. The van der Waals surface area contributed by atoms with Crippen LogP contribution in [0, 0.1) is 5.82 Å². The van der Waals surface area contributed by atoms with Crippen molar-refractivity contribution in [3.05, 3.63) is 94.3 Å². The number of hydrogen-bond acceptors (Lipinski definition) is 3. The van der Waals surface area contributed by atoms with Gasteiger partial charge in [0.25, 0.3) is 0 Å². The summed E-state index contributed by atoms with van der Waals surface area (Å²) in [6, 6.07) is 19.9. The number of ether oxygens (including phenoxy) is 2. The van der Waals surface area contributed by atoms with Crippen LogP contribution in [0.4, 0.5) is 4.39 Å². The van der Waals surface area contributed by atoms with Gasteiger partial charge in [-0.3, -0.25) is 0 Å². The van der Waals surface area contributed by atoms with Gasteiger partial charge in [0.2, 0.25) is 0 Å². The van der Waals surface area contributed by atoms with Crippen LogP contribution in [-0.4, -0.2) is 13.7 Å². The van der Waals surface area contributed by atoms with Gasteiger partial charge in [-0.05, 0) is 60.5 Å². The summed E-state index contributed by atoms with van der Waals surface area (Å²) >= 11 is 6.16. The van der Waals surface area contributed by atoms with E-state index >= 15 is 0 Å². The molecule has 0 saturated heterocycles. The molecule has 0 radical (unpaired) electrons. The Morgan fingerprint density at radius 1 is 0.931 bits per heavy atom. The maximum absolute atomic E-state index is 13.0. The largest absolute Gasteiger partial charge is 0.496 e. The Labute approximate surface area is 182 Å². The second kappa shape index (κ2) is 11.7. The van der Waals surface area contributed by atoms with Gasteiger partial charge in [0.1, 0.15) is 23.9 Å². The SMILES string of the molecule is COc1ccccc1CCNCc1cc(Cl)ccc1OCc1ccc(F)cc1.Cl. The highest BCUT2D eigenvalue weighted by Crippen LogP contribution is 2.24. The van der Waals surface area contributed by atoms with Crippen molar-refractivity contribution in [2.24, 2.45) is 0 Å². The Morgan fingerprint density at radius 3 is 2.45 bits per heavy atom. The van der Waals surface area contributed by atoms with Gasteiger partial charge >= 0.3 is 0 Å². The Kier molecular flexibility index (Phi) is 9.26. The summed E-state index contributed by atoms with van der Waals surface area (Å²) in [5.74, 6) is 1.41. The van der Waals surface area contributed by atoms with Crippen LogP contribution < -0.4 is 14.8 Å². The van der Waals surface area contributed by atoms with Gasteiger partial charge in [0.15, 0.2) is 0 Å². The lowest BCUT2D eigenvalue weighted by Crippen LogP contribution is -2.17. The minimum absolute atomic E-state index is 0. The first-order valence-electron chi connectivity index (χ1n) is 9.14. The molecule has 0 atom stereocenters. The monoisotopic (exact) mass is 435 g/mol. The van der Waals surface area contributed by atoms with E-state index in [4.69, 9.17) is 21.1 Å². The Morgan fingerprint density at radius 2 is 1.69 bits per heavy atom. The molecule has 0 aliphatic rings. The van der Waals surface area contributed by atoms with Gasteiger partial charge < -0.3 is 14.8 Å². The van der Waals surface area contributed by atoms with Gasteiger partial charge in [0, 0.05) is 17.1 Å². The fraction of sp³-hybridized carbons (Fsp3) is 0.217. The van der Waals surface area contributed by atoms with Crippen LogP contribution in [0.3, 0.4) is 0 Å². The molecule has 0 amide bonds. The summed E-state index contributed by atoms with van der Waals surface area (Å²) in [5, 5.41) is 4.09. The highest BCUT2D eigenvalue weighted by Gasteiger charge is 2.07. The maximum Gasteiger partial charge on any atom is 0.124 e. The van der Waals surface area contributed by atoms with Crippen molar-refractivity contribution in [3.8, 4) is 11.5 Å². The molecule has 0 aromatic heterocycles. The van der Waals surface area contributed by atoms with Crippen LogP contribution in [0.25, 0.3) is 0 Å². The normalized spacial score (nSPS) is 10.3. The summed E-state index contributed by atoms with van der Waals surface area (Å²) in [6.07, 6.45) is 0.857. The molecule has 3 nitrogen and oxygen atoms in total. The predicted octanol–water partition coefficient (Wildman–Crippen LogP) is 5.82. The summed E-state index contributed by atoms with van der Waals surface area (Å²) < 4.78 is 24.3. The minimum atomic E-state index is -0.254. The maximum atomic E-state index is 13.0. The van der Waals surface area contributed by atoms with E-state index < -0.39 is 0 Å². The number of benzene rings is 3. The zero-order chi connectivity index (χ0) is 19.8. The van der Waals surface area contributed by atoms with Gasteiger partial charge in [0.05, 0.1) is 7.11 Å². The predicted molar refractivity (Wildman–Crippen MR) is 118 cm³/mol. The molecule has 0 heterocycles. The average Bonchev–Trinajstić information content (AvgIpc) is 2.72. The third-order valence-corrected chi connectivity index (χ3v) is 4.64. The highest BCUT2D eigenvalue weighted by molar-refractivity contribution is 6.30. The summed E-state index contributed by atoms with van der Waals surface area (Å²) in [4.78, 5) is 0. The van der Waals surface area contributed by atoms with Crippen LogP contribution in [0.1, 0.15) is 16.7 Å². The quantitative estimate of drug-likeness (QED) is 0.429. The molecule has 29 heavy (non-hydrogen) atoms. The lowest BCUT2D eigenvalue weighted by Gasteiger charge is -2.13. The van der Waals surface area contributed by atoms with Crippen molar-refractivity contribution in [1.82, 2.24) is 5.32 Å². The first-order chi connectivity index (χ1) is 13.7. The fourth-order valence-corrected chi connectivity index (χ4v) is 3.12. The van der Waals surface area contributed by atoms with Crippen LogP contribution in [-0.2, 0) is 19.6 Å². The second-order valence-corrected chi connectivity index (χ2v) is 6.84.